The first-order valence-corrected chi connectivity index (χ1v) is 11.1. The molecule has 0 atom stereocenters. The van der Waals surface area contributed by atoms with E-state index in [2.05, 4.69) is 19.6 Å². The zero-order valence-electron chi connectivity index (χ0n) is 12.2. The monoisotopic (exact) mass is 295 g/mol. The van der Waals surface area contributed by atoms with Gasteiger partial charge >= 0.3 is 5.97 Å². The molecule has 0 saturated carbocycles. The van der Waals surface area contributed by atoms with Crippen LogP contribution < -0.4 is 0 Å². The number of thioether (sulfide) groups is 1. The van der Waals surface area contributed by atoms with E-state index in [1.54, 1.807) is 17.8 Å². The van der Waals surface area contributed by atoms with Crippen molar-refractivity contribution in [1.29, 1.82) is 0 Å². The third kappa shape index (κ3) is 4.84. The largest absolute Gasteiger partial charge is 0.478 e. The van der Waals surface area contributed by atoms with Crippen molar-refractivity contribution in [2.24, 2.45) is 4.99 Å². The second-order valence-electron chi connectivity index (χ2n) is 5.72. The summed E-state index contributed by atoms with van der Waals surface area (Å²) in [6.07, 6.45) is 2.90. The van der Waals surface area contributed by atoms with Gasteiger partial charge in [0.15, 0.2) is 0 Å². The number of carboxylic acid groups (broad SMARTS) is 1. The predicted molar refractivity (Wildman–Crippen MR) is 86.4 cm³/mol. The number of aromatic carboxylic acids is 1. The Bertz CT molecular complexity index is 507. The Morgan fingerprint density at radius 1 is 1.37 bits per heavy atom. The molecule has 0 unspecified atom stereocenters. The molecule has 1 aromatic carbocycles. The number of carboxylic acids is 1. The average Bonchev–Trinajstić information content (AvgIpc) is 2.27. The smallest absolute Gasteiger partial charge is 0.335 e. The Kier molecular flexibility index (Phi) is 5.37. The van der Waals surface area contributed by atoms with E-state index in [0.29, 0.717) is 5.56 Å². The van der Waals surface area contributed by atoms with Gasteiger partial charge < -0.3 is 5.11 Å². The van der Waals surface area contributed by atoms with Crippen molar-refractivity contribution in [3.8, 4) is 0 Å². The van der Waals surface area contributed by atoms with Gasteiger partial charge in [0.2, 0.25) is 0 Å². The molecule has 19 heavy (non-hydrogen) atoms. The van der Waals surface area contributed by atoms with E-state index in [1.165, 1.54) is 0 Å². The number of hydrogen-bond donors (Lipinski definition) is 1. The number of rotatable bonds is 4. The standard InChI is InChI=1S/C14H21NO2SSi/c1-10-8-11(6-7-12(10)14(16)17)13(18-2)15-9-19(3,4)5/h6-8H,9H2,1-5H3,(H,16,17)/b15-13-. The number of aryl methyl sites for hydroxylation is 1. The van der Waals surface area contributed by atoms with Crippen molar-refractivity contribution >= 4 is 30.8 Å². The fourth-order valence-corrected chi connectivity index (χ4v) is 2.92. The molecule has 0 aromatic heterocycles. The second kappa shape index (κ2) is 6.39. The molecule has 0 aliphatic rings. The van der Waals surface area contributed by atoms with Gasteiger partial charge in [0, 0.05) is 11.7 Å². The first-order chi connectivity index (χ1) is 8.74. The van der Waals surface area contributed by atoms with Gasteiger partial charge in [-0.05, 0) is 30.9 Å². The highest BCUT2D eigenvalue weighted by molar-refractivity contribution is 8.13. The summed E-state index contributed by atoms with van der Waals surface area (Å²) in [6, 6.07) is 5.41. The number of nitrogens with zero attached hydrogens (tertiary/aromatic N) is 1. The minimum absolute atomic E-state index is 0.356. The predicted octanol–water partition coefficient (Wildman–Crippen LogP) is 3.68. The maximum atomic E-state index is 11.0. The summed E-state index contributed by atoms with van der Waals surface area (Å²) in [5.41, 5.74) is 2.14. The highest BCUT2D eigenvalue weighted by atomic mass is 32.2. The molecule has 0 amide bonds. The van der Waals surface area contributed by atoms with Crippen LogP contribution in [0.2, 0.25) is 19.6 Å². The number of carbonyl (C=O) groups is 1. The van der Waals surface area contributed by atoms with Crippen LogP contribution >= 0.6 is 11.8 Å². The second-order valence-corrected chi connectivity index (χ2v) is 12.0. The highest BCUT2D eigenvalue weighted by Gasteiger charge is 2.14. The van der Waals surface area contributed by atoms with Gasteiger partial charge in [0.25, 0.3) is 0 Å². The van der Waals surface area contributed by atoms with Gasteiger partial charge in [0.1, 0.15) is 0 Å². The molecule has 0 heterocycles. The Morgan fingerprint density at radius 2 is 2.00 bits per heavy atom. The average molecular weight is 295 g/mol. The Hall–Kier alpha value is -1.07. The number of aliphatic imine (C=N–C) groups is 1. The van der Waals surface area contributed by atoms with Crippen molar-refractivity contribution in [2.45, 2.75) is 26.6 Å². The van der Waals surface area contributed by atoms with Crippen molar-refractivity contribution in [2.75, 3.05) is 12.4 Å². The Morgan fingerprint density at radius 3 is 2.42 bits per heavy atom. The molecule has 3 nitrogen and oxygen atoms in total. The fourth-order valence-electron chi connectivity index (χ4n) is 1.62. The SMILES string of the molecule is CS/C(=N\C[Si](C)(C)C)c1ccc(C(=O)O)c(C)c1. The van der Waals surface area contributed by atoms with Crippen LogP contribution in [0.5, 0.6) is 0 Å². The summed E-state index contributed by atoms with van der Waals surface area (Å²) < 4.78 is 0. The molecule has 1 rings (SSSR count). The topological polar surface area (TPSA) is 49.7 Å². The normalized spacial score (nSPS) is 12.6. The zero-order chi connectivity index (χ0) is 14.6. The molecule has 0 bridgehead atoms. The lowest BCUT2D eigenvalue weighted by Crippen LogP contribution is -2.25. The Labute approximate surface area is 120 Å². The highest BCUT2D eigenvalue weighted by Crippen LogP contribution is 2.17. The van der Waals surface area contributed by atoms with Crippen molar-refractivity contribution in [3.63, 3.8) is 0 Å². The molecule has 0 aliphatic carbocycles. The molecular formula is C14H21NO2SSi. The van der Waals surface area contributed by atoms with Crippen LogP contribution in [0.3, 0.4) is 0 Å². The van der Waals surface area contributed by atoms with Crippen LogP contribution in [0.1, 0.15) is 21.5 Å². The molecule has 0 saturated heterocycles. The number of hydrogen-bond acceptors (Lipinski definition) is 3. The lowest BCUT2D eigenvalue weighted by molar-refractivity contribution is 0.0696. The molecule has 0 spiro atoms. The van der Waals surface area contributed by atoms with Crippen LogP contribution in [0.4, 0.5) is 0 Å². The number of benzene rings is 1. The van der Waals surface area contributed by atoms with Gasteiger partial charge in [-0.25, -0.2) is 4.79 Å². The molecular weight excluding hydrogens is 274 g/mol. The lowest BCUT2D eigenvalue weighted by Gasteiger charge is -2.13. The first-order valence-electron chi connectivity index (χ1n) is 6.17. The maximum Gasteiger partial charge on any atom is 0.335 e. The van der Waals surface area contributed by atoms with Crippen molar-refractivity contribution in [1.82, 2.24) is 0 Å². The van der Waals surface area contributed by atoms with E-state index in [4.69, 9.17) is 10.1 Å². The summed E-state index contributed by atoms with van der Waals surface area (Å²) in [7, 11) is -1.21. The maximum absolute atomic E-state index is 11.0. The quantitative estimate of drug-likeness (QED) is 0.524. The minimum Gasteiger partial charge on any atom is -0.478 e. The molecule has 0 radical (unpaired) electrons. The first kappa shape index (κ1) is 16.0. The van der Waals surface area contributed by atoms with Crippen molar-refractivity contribution in [3.05, 3.63) is 34.9 Å². The molecule has 5 heteroatoms. The summed E-state index contributed by atoms with van der Waals surface area (Å²) in [5.74, 6) is -0.881. The lowest BCUT2D eigenvalue weighted by atomic mass is 10.1. The minimum atomic E-state index is -1.21. The molecule has 1 N–H and O–H groups in total. The van der Waals surface area contributed by atoms with Crippen LogP contribution in [-0.2, 0) is 0 Å². The van der Waals surface area contributed by atoms with E-state index < -0.39 is 14.0 Å². The van der Waals surface area contributed by atoms with Gasteiger partial charge in [-0.15, -0.1) is 11.8 Å². The van der Waals surface area contributed by atoms with Gasteiger partial charge in [-0.2, -0.15) is 0 Å². The van der Waals surface area contributed by atoms with Crippen LogP contribution in [0.15, 0.2) is 23.2 Å². The molecule has 1 aromatic rings. The summed E-state index contributed by atoms with van der Waals surface area (Å²) in [4.78, 5) is 15.7. The van der Waals surface area contributed by atoms with Gasteiger partial charge in [0.05, 0.1) is 18.7 Å². The van der Waals surface area contributed by atoms with E-state index in [9.17, 15) is 4.79 Å². The zero-order valence-corrected chi connectivity index (χ0v) is 14.0. The summed E-state index contributed by atoms with van der Waals surface area (Å²) in [5, 5.41) is 10.0. The van der Waals surface area contributed by atoms with Gasteiger partial charge in [-0.3, -0.25) is 4.99 Å². The molecule has 0 aliphatic heterocycles. The third-order valence-electron chi connectivity index (χ3n) is 2.59. The molecule has 104 valence electrons. The van der Waals surface area contributed by atoms with Crippen LogP contribution in [-0.4, -0.2) is 36.6 Å². The van der Waals surface area contributed by atoms with E-state index in [0.717, 1.165) is 22.3 Å². The van der Waals surface area contributed by atoms with Crippen LogP contribution in [0, 0.1) is 6.92 Å². The summed E-state index contributed by atoms with van der Waals surface area (Å²) in [6.45, 7) is 8.68. The van der Waals surface area contributed by atoms with Crippen molar-refractivity contribution < 1.29 is 9.90 Å². The van der Waals surface area contributed by atoms with Crippen LogP contribution in [0.25, 0.3) is 0 Å². The Balaban J connectivity index is 3.07. The fraction of sp³-hybridized carbons (Fsp3) is 0.429. The van der Waals surface area contributed by atoms with E-state index >= 15 is 0 Å². The summed E-state index contributed by atoms with van der Waals surface area (Å²) >= 11 is 1.61. The third-order valence-corrected chi connectivity index (χ3v) is 4.45. The van der Waals surface area contributed by atoms with Gasteiger partial charge in [-0.1, -0.05) is 25.7 Å². The van der Waals surface area contributed by atoms with E-state index in [-0.39, 0.29) is 0 Å². The molecule has 0 fully saturated rings. The van der Waals surface area contributed by atoms with E-state index in [1.807, 2.05) is 25.3 Å².